The van der Waals surface area contributed by atoms with Gasteiger partial charge in [0.1, 0.15) is 22.7 Å². The SMILES string of the molecule is CCCCc1cc2ccc(C(=O)Oc3ccc(CCC)c(F)c3)c(F)c2c(=O)o1. The van der Waals surface area contributed by atoms with E-state index in [0.29, 0.717) is 29.6 Å². The fraction of sp³-hybridized carbons (Fsp3) is 0.304. The van der Waals surface area contributed by atoms with Crippen molar-refractivity contribution < 1.29 is 22.7 Å². The fourth-order valence-electron chi connectivity index (χ4n) is 3.15. The van der Waals surface area contributed by atoms with Gasteiger partial charge in [-0.15, -0.1) is 0 Å². The number of hydrogen-bond donors (Lipinski definition) is 0. The summed E-state index contributed by atoms with van der Waals surface area (Å²) in [5.41, 5.74) is -0.736. The average Bonchev–Trinajstić information content (AvgIpc) is 2.68. The first-order valence-electron chi connectivity index (χ1n) is 9.70. The molecule has 29 heavy (non-hydrogen) atoms. The Bertz CT molecular complexity index is 1100. The zero-order chi connectivity index (χ0) is 21.0. The van der Waals surface area contributed by atoms with Gasteiger partial charge in [0.25, 0.3) is 0 Å². The Labute approximate surface area is 167 Å². The van der Waals surface area contributed by atoms with Crippen molar-refractivity contribution in [2.75, 3.05) is 0 Å². The lowest BCUT2D eigenvalue weighted by molar-refractivity contribution is 0.0730. The molecule has 0 atom stereocenters. The van der Waals surface area contributed by atoms with Crippen LogP contribution in [0.2, 0.25) is 0 Å². The molecule has 0 fully saturated rings. The van der Waals surface area contributed by atoms with Gasteiger partial charge in [-0.1, -0.05) is 38.8 Å². The number of aryl methyl sites for hydroxylation is 2. The summed E-state index contributed by atoms with van der Waals surface area (Å²) in [7, 11) is 0. The summed E-state index contributed by atoms with van der Waals surface area (Å²) in [4.78, 5) is 24.7. The normalized spacial score (nSPS) is 11.0. The number of halogens is 2. The van der Waals surface area contributed by atoms with Gasteiger partial charge in [-0.3, -0.25) is 0 Å². The summed E-state index contributed by atoms with van der Waals surface area (Å²) in [6, 6.07) is 8.42. The van der Waals surface area contributed by atoms with Crippen LogP contribution in [0.1, 0.15) is 54.8 Å². The van der Waals surface area contributed by atoms with E-state index in [0.717, 1.165) is 25.3 Å². The molecule has 0 spiro atoms. The molecule has 0 aliphatic rings. The number of benzene rings is 2. The van der Waals surface area contributed by atoms with Gasteiger partial charge in [-0.05, 0) is 42.0 Å². The molecule has 0 unspecified atom stereocenters. The maximum Gasteiger partial charge on any atom is 0.346 e. The average molecular weight is 400 g/mol. The minimum atomic E-state index is -1.01. The number of unbranched alkanes of at least 4 members (excludes halogenated alkanes) is 1. The topological polar surface area (TPSA) is 56.5 Å². The van der Waals surface area contributed by atoms with Crippen molar-refractivity contribution in [2.24, 2.45) is 0 Å². The van der Waals surface area contributed by atoms with Crippen molar-refractivity contribution in [1.82, 2.24) is 0 Å². The van der Waals surface area contributed by atoms with Crippen LogP contribution in [-0.2, 0) is 12.8 Å². The molecule has 1 heterocycles. The van der Waals surface area contributed by atoms with Gasteiger partial charge in [-0.25, -0.2) is 18.4 Å². The van der Waals surface area contributed by atoms with Crippen LogP contribution in [0.4, 0.5) is 8.78 Å². The van der Waals surface area contributed by atoms with E-state index in [1.165, 1.54) is 24.3 Å². The summed E-state index contributed by atoms with van der Waals surface area (Å²) < 4.78 is 39.2. The minimum absolute atomic E-state index is 0.0335. The van der Waals surface area contributed by atoms with Crippen molar-refractivity contribution in [1.29, 1.82) is 0 Å². The molecule has 4 nitrogen and oxygen atoms in total. The first-order valence-corrected chi connectivity index (χ1v) is 9.70. The number of hydrogen-bond acceptors (Lipinski definition) is 4. The van der Waals surface area contributed by atoms with E-state index >= 15 is 0 Å². The van der Waals surface area contributed by atoms with Gasteiger partial charge in [0.2, 0.25) is 0 Å². The number of rotatable bonds is 7. The molecule has 0 bridgehead atoms. The zero-order valence-electron chi connectivity index (χ0n) is 16.4. The summed E-state index contributed by atoms with van der Waals surface area (Å²) in [6.07, 6.45) is 3.69. The first kappa shape index (κ1) is 20.7. The van der Waals surface area contributed by atoms with E-state index in [1.54, 1.807) is 6.07 Å². The molecular weight excluding hydrogens is 378 g/mol. The number of ether oxygens (including phenoxy) is 1. The molecule has 0 saturated carbocycles. The van der Waals surface area contributed by atoms with E-state index in [2.05, 4.69) is 0 Å². The molecule has 0 amide bonds. The lowest BCUT2D eigenvalue weighted by Gasteiger charge is -2.09. The second kappa shape index (κ2) is 8.99. The third kappa shape index (κ3) is 4.53. The Morgan fingerprint density at radius 2 is 1.83 bits per heavy atom. The van der Waals surface area contributed by atoms with Gasteiger partial charge in [0.05, 0.1) is 5.56 Å². The fourth-order valence-corrected chi connectivity index (χ4v) is 3.15. The van der Waals surface area contributed by atoms with Crippen molar-refractivity contribution in [3.63, 3.8) is 0 Å². The third-order valence-electron chi connectivity index (χ3n) is 4.67. The molecule has 3 aromatic rings. The maximum absolute atomic E-state index is 14.9. The first-order chi connectivity index (χ1) is 13.9. The van der Waals surface area contributed by atoms with Gasteiger partial charge >= 0.3 is 11.6 Å². The standard InChI is InChI=1S/C23H22F2O4/c1-3-5-7-16-12-15-9-11-18(21(25)20(15)23(27)29-16)22(26)28-17-10-8-14(6-4-2)19(24)13-17/h8-13H,3-7H2,1-2H3. The lowest BCUT2D eigenvalue weighted by atomic mass is 10.1. The van der Waals surface area contributed by atoms with E-state index < -0.39 is 28.8 Å². The molecule has 1 aromatic heterocycles. The van der Waals surface area contributed by atoms with Gasteiger partial charge in [-0.2, -0.15) is 0 Å². The van der Waals surface area contributed by atoms with E-state index in [1.807, 2.05) is 13.8 Å². The van der Waals surface area contributed by atoms with Crippen LogP contribution < -0.4 is 10.4 Å². The van der Waals surface area contributed by atoms with Crippen LogP contribution in [0.5, 0.6) is 5.75 Å². The lowest BCUT2D eigenvalue weighted by Crippen LogP contribution is -2.14. The largest absolute Gasteiger partial charge is 0.427 e. The molecule has 6 heteroatoms. The number of fused-ring (bicyclic) bond motifs is 1. The summed E-state index contributed by atoms with van der Waals surface area (Å²) in [6.45, 7) is 3.94. The number of carbonyl (C=O) groups is 1. The maximum atomic E-state index is 14.9. The monoisotopic (exact) mass is 400 g/mol. The summed E-state index contributed by atoms with van der Waals surface area (Å²) in [5, 5.41) is 0.0561. The quantitative estimate of drug-likeness (QED) is 0.383. The predicted molar refractivity (Wildman–Crippen MR) is 106 cm³/mol. The number of carbonyl (C=O) groups excluding carboxylic acids is 1. The van der Waals surface area contributed by atoms with Crippen LogP contribution in [0.3, 0.4) is 0 Å². The predicted octanol–water partition coefficient (Wildman–Crippen LogP) is 5.59. The Balaban J connectivity index is 1.90. The molecule has 0 N–H and O–H groups in total. The number of esters is 1. The second-order valence-electron chi connectivity index (χ2n) is 6.89. The highest BCUT2D eigenvalue weighted by atomic mass is 19.1. The highest BCUT2D eigenvalue weighted by Gasteiger charge is 2.20. The molecular formula is C23H22F2O4. The second-order valence-corrected chi connectivity index (χ2v) is 6.89. The van der Waals surface area contributed by atoms with Gasteiger partial charge in [0, 0.05) is 12.5 Å². The highest BCUT2D eigenvalue weighted by Crippen LogP contribution is 2.23. The van der Waals surface area contributed by atoms with Gasteiger partial charge in [0.15, 0.2) is 5.82 Å². The molecule has 0 radical (unpaired) electrons. The van der Waals surface area contributed by atoms with Crippen LogP contribution in [0.25, 0.3) is 10.8 Å². The molecule has 0 aliphatic heterocycles. The van der Waals surface area contributed by atoms with Crippen LogP contribution in [0, 0.1) is 11.6 Å². The highest BCUT2D eigenvalue weighted by molar-refractivity contribution is 5.96. The Kier molecular flexibility index (Phi) is 6.42. The smallest absolute Gasteiger partial charge is 0.346 e. The minimum Gasteiger partial charge on any atom is -0.427 e. The Hall–Kier alpha value is -3.02. The molecule has 0 aliphatic carbocycles. The van der Waals surface area contributed by atoms with Crippen molar-refractivity contribution >= 4 is 16.7 Å². The van der Waals surface area contributed by atoms with E-state index in [4.69, 9.17) is 9.15 Å². The van der Waals surface area contributed by atoms with Crippen molar-refractivity contribution in [3.8, 4) is 5.75 Å². The van der Waals surface area contributed by atoms with Crippen molar-refractivity contribution in [3.05, 3.63) is 75.3 Å². The van der Waals surface area contributed by atoms with E-state index in [-0.39, 0.29) is 11.1 Å². The zero-order valence-corrected chi connectivity index (χ0v) is 16.4. The van der Waals surface area contributed by atoms with Crippen LogP contribution >= 0.6 is 0 Å². The van der Waals surface area contributed by atoms with Crippen LogP contribution in [0.15, 0.2) is 45.6 Å². The Morgan fingerprint density at radius 3 is 2.52 bits per heavy atom. The summed E-state index contributed by atoms with van der Waals surface area (Å²) >= 11 is 0. The van der Waals surface area contributed by atoms with Crippen LogP contribution in [-0.4, -0.2) is 5.97 Å². The molecule has 0 saturated heterocycles. The van der Waals surface area contributed by atoms with Gasteiger partial charge < -0.3 is 9.15 Å². The molecule has 3 rings (SSSR count). The Morgan fingerprint density at radius 1 is 1.03 bits per heavy atom. The van der Waals surface area contributed by atoms with Crippen molar-refractivity contribution in [2.45, 2.75) is 46.0 Å². The molecule has 152 valence electrons. The van der Waals surface area contributed by atoms with E-state index in [9.17, 15) is 18.4 Å². The molecule has 2 aromatic carbocycles. The summed E-state index contributed by atoms with van der Waals surface area (Å²) in [5.74, 6) is -2.07. The third-order valence-corrected chi connectivity index (χ3v) is 4.67.